The third kappa shape index (κ3) is 4.84. The van der Waals surface area contributed by atoms with Crippen LogP contribution in [0.15, 0.2) is 53.4 Å². The second-order valence-electron chi connectivity index (χ2n) is 6.42. The number of benzene rings is 2. The van der Waals surface area contributed by atoms with Crippen molar-refractivity contribution in [3.05, 3.63) is 64.7 Å². The molecular formula is C20H22N4O4S2. The Morgan fingerprint density at radius 3 is 2.53 bits per heavy atom. The minimum atomic E-state index is -3.91. The van der Waals surface area contributed by atoms with Gasteiger partial charge in [-0.15, -0.1) is 10.2 Å². The van der Waals surface area contributed by atoms with Crippen LogP contribution in [0, 0.1) is 0 Å². The quantitative estimate of drug-likeness (QED) is 0.570. The molecule has 3 aromatic rings. The first-order valence-electron chi connectivity index (χ1n) is 9.17. The van der Waals surface area contributed by atoms with E-state index < -0.39 is 15.9 Å². The smallest absolute Gasteiger partial charge is 0.257 e. The number of nitrogens with one attached hydrogen (secondary N) is 1. The van der Waals surface area contributed by atoms with Crippen molar-refractivity contribution < 1.29 is 17.9 Å². The Bertz CT molecular complexity index is 1130. The maximum Gasteiger partial charge on any atom is 0.257 e. The predicted octanol–water partition coefficient (Wildman–Crippen LogP) is 3.18. The van der Waals surface area contributed by atoms with Crippen LogP contribution < -0.4 is 10.1 Å². The second-order valence-corrected chi connectivity index (χ2v) is 9.50. The first kappa shape index (κ1) is 21.9. The van der Waals surface area contributed by atoms with E-state index in [1.54, 1.807) is 0 Å². The van der Waals surface area contributed by atoms with Crippen molar-refractivity contribution in [3.8, 4) is 5.75 Å². The first-order chi connectivity index (χ1) is 14.3. The summed E-state index contributed by atoms with van der Waals surface area (Å²) in [5.41, 5.74) is 1.02. The lowest BCUT2D eigenvalue weighted by molar-refractivity contribution is 0.102. The average molecular weight is 447 g/mol. The largest absolute Gasteiger partial charge is 0.495 e. The topological polar surface area (TPSA) is 101 Å². The summed E-state index contributed by atoms with van der Waals surface area (Å²) in [4.78, 5) is 12.5. The van der Waals surface area contributed by atoms with E-state index in [1.165, 1.54) is 48.0 Å². The number of nitrogens with zero attached hydrogens (tertiary/aromatic N) is 3. The molecule has 0 spiro atoms. The molecule has 0 unspecified atom stereocenters. The number of hydrogen-bond donors (Lipinski definition) is 1. The molecule has 2 aromatic carbocycles. The lowest BCUT2D eigenvalue weighted by Crippen LogP contribution is -2.27. The second kappa shape index (κ2) is 9.33. The molecule has 0 bridgehead atoms. The van der Waals surface area contributed by atoms with Crippen LogP contribution in [-0.2, 0) is 23.0 Å². The number of carbonyl (C=O) groups excluding carboxylic acids is 1. The van der Waals surface area contributed by atoms with Crippen LogP contribution in [0.25, 0.3) is 0 Å². The van der Waals surface area contributed by atoms with E-state index in [4.69, 9.17) is 4.74 Å². The van der Waals surface area contributed by atoms with Gasteiger partial charge in [-0.2, -0.15) is 4.31 Å². The van der Waals surface area contributed by atoms with Crippen molar-refractivity contribution in [1.29, 1.82) is 0 Å². The maximum atomic E-state index is 13.2. The normalized spacial score (nSPS) is 11.5. The standard InChI is InChI=1S/C20H22N4O4S2/c1-4-18-22-23-20(29-18)21-19(25)15-10-11-16(28-3)17(12-15)30(26,27)24(2)13-14-8-6-5-7-9-14/h5-12H,4,13H2,1-3H3,(H,21,23,25). The minimum Gasteiger partial charge on any atom is -0.495 e. The highest BCUT2D eigenvalue weighted by atomic mass is 32.2. The lowest BCUT2D eigenvalue weighted by atomic mass is 10.2. The van der Waals surface area contributed by atoms with Gasteiger partial charge in [-0.25, -0.2) is 8.42 Å². The van der Waals surface area contributed by atoms with Gasteiger partial charge < -0.3 is 4.74 Å². The van der Waals surface area contributed by atoms with Crippen molar-refractivity contribution in [1.82, 2.24) is 14.5 Å². The molecule has 158 valence electrons. The molecule has 1 amide bonds. The SMILES string of the molecule is CCc1nnc(NC(=O)c2ccc(OC)c(S(=O)(=O)N(C)Cc3ccccc3)c2)s1. The van der Waals surface area contributed by atoms with Crippen molar-refractivity contribution in [3.63, 3.8) is 0 Å². The number of hydrogen-bond acceptors (Lipinski definition) is 7. The van der Waals surface area contributed by atoms with Gasteiger partial charge in [0.05, 0.1) is 7.11 Å². The van der Waals surface area contributed by atoms with Gasteiger partial charge in [0.1, 0.15) is 15.7 Å². The van der Waals surface area contributed by atoms with Crippen LogP contribution >= 0.6 is 11.3 Å². The highest BCUT2D eigenvalue weighted by Gasteiger charge is 2.26. The predicted molar refractivity (Wildman–Crippen MR) is 115 cm³/mol. The van der Waals surface area contributed by atoms with Gasteiger partial charge in [0, 0.05) is 19.2 Å². The Kier molecular flexibility index (Phi) is 6.80. The highest BCUT2D eigenvalue weighted by molar-refractivity contribution is 7.89. The van der Waals surface area contributed by atoms with E-state index in [2.05, 4.69) is 15.5 Å². The van der Waals surface area contributed by atoms with Crippen LogP contribution in [-0.4, -0.2) is 43.0 Å². The van der Waals surface area contributed by atoms with E-state index in [9.17, 15) is 13.2 Å². The number of amides is 1. The molecule has 0 fully saturated rings. The highest BCUT2D eigenvalue weighted by Crippen LogP contribution is 2.28. The average Bonchev–Trinajstić information content (AvgIpc) is 3.21. The molecular weight excluding hydrogens is 424 g/mol. The fraction of sp³-hybridized carbons (Fsp3) is 0.250. The maximum absolute atomic E-state index is 13.2. The van der Waals surface area contributed by atoms with Gasteiger partial charge in [0.2, 0.25) is 15.2 Å². The Hall–Kier alpha value is -2.82. The summed E-state index contributed by atoms with van der Waals surface area (Å²) in [6.07, 6.45) is 0.714. The fourth-order valence-corrected chi connectivity index (χ4v) is 4.74. The van der Waals surface area contributed by atoms with Crippen LogP contribution in [0.2, 0.25) is 0 Å². The van der Waals surface area contributed by atoms with E-state index >= 15 is 0 Å². The molecule has 30 heavy (non-hydrogen) atoms. The fourth-order valence-electron chi connectivity index (χ4n) is 2.73. The molecule has 0 aliphatic rings. The monoisotopic (exact) mass is 446 g/mol. The molecule has 0 aliphatic carbocycles. The molecule has 1 heterocycles. The van der Waals surface area contributed by atoms with Crippen molar-refractivity contribution in [2.45, 2.75) is 24.8 Å². The minimum absolute atomic E-state index is 0.0809. The number of sulfonamides is 1. The number of ether oxygens (including phenoxy) is 1. The van der Waals surface area contributed by atoms with Crippen LogP contribution in [0.4, 0.5) is 5.13 Å². The van der Waals surface area contributed by atoms with E-state index in [-0.39, 0.29) is 22.8 Å². The summed E-state index contributed by atoms with van der Waals surface area (Å²) in [5.74, 6) is -0.311. The van der Waals surface area contributed by atoms with Crippen molar-refractivity contribution in [2.24, 2.45) is 0 Å². The van der Waals surface area contributed by atoms with Gasteiger partial charge in [-0.3, -0.25) is 10.1 Å². The van der Waals surface area contributed by atoms with Gasteiger partial charge in [0.15, 0.2) is 0 Å². The Balaban J connectivity index is 1.88. The lowest BCUT2D eigenvalue weighted by Gasteiger charge is -2.19. The zero-order valence-electron chi connectivity index (χ0n) is 16.8. The first-order valence-corrected chi connectivity index (χ1v) is 11.4. The molecule has 10 heteroatoms. The summed E-state index contributed by atoms with van der Waals surface area (Å²) >= 11 is 1.27. The summed E-state index contributed by atoms with van der Waals surface area (Å²) in [5, 5.41) is 11.7. The molecule has 0 saturated carbocycles. The third-order valence-electron chi connectivity index (χ3n) is 4.35. The molecule has 8 nitrogen and oxygen atoms in total. The van der Waals surface area contributed by atoms with Crippen LogP contribution in [0.1, 0.15) is 27.9 Å². The van der Waals surface area contributed by atoms with Crippen LogP contribution in [0.5, 0.6) is 5.75 Å². The van der Waals surface area contributed by atoms with E-state index in [1.807, 2.05) is 37.3 Å². The number of methoxy groups -OCH3 is 1. The molecule has 0 aliphatic heterocycles. The number of rotatable bonds is 8. The van der Waals surface area contributed by atoms with Crippen molar-refractivity contribution >= 4 is 32.4 Å². The number of aryl methyl sites for hydroxylation is 1. The summed E-state index contributed by atoms with van der Waals surface area (Å²) in [7, 11) is -1.03. The van der Waals surface area contributed by atoms with Gasteiger partial charge >= 0.3 is 0 Å². The Morgan fingerprint density at radius 2 is 1.90 bits per heavy atom. The Labute approximate surface area is 179 Å². The molecule has 3 rings (SSSR count). The van der Waals surface area contributed by atoms with E-state index in [0.29, 0.717) is 11.6 Å². The van der Waals surface area contributed by atoms with E-state index in [0.717, 1.165) is 10.6 Å². The number of carbonyl (C=O) groups is 1. The Morgan fingerprint density at radius 1 is 1.17 bits per heavy atom. The third-order valence-corrected chi connectivity index (χ3v) is 7.16. The molecule has 0 atom stereocenters. The molecule has 1 N–H and O–H groups in total. The molecule has 0 radical (unpaired) electrons. The summed E-state index contributed by atoms with van der Waals surface area (Å²) in [6, 6.07) is 13.5. The zero-order valence-corrected chi connectivity index (χ0v) is 18.5. The van der Waals surface area contributed by atoms with Gasteiger partial charge in [0.25, 0.3) is 5.91 Å². The van der Waals surface area contributed by atoms with Gasteiger partial charge in [-0.1, -0.05) is 48.6 Å². The number of anilines is 1. The number of aromatic nitrogens is 2. The zero-order chi connectivity index (χ0) is 21.7. The van der Waals surface area contributed by atoms with Crippen molar-refractivity contribution in [2.75, 3.05) is 19.5 Å². The van der Waals surface area contributed by atoms with Crippen LogP contribution in [0.3, 0.4) is 0 Å². The van der Waals surface area contributed by atoms with Gasteiger partial charge in [-0.05, 0) is 30.2 Å². The summed E-state index contributed by atoms with van der Waals surface area (Å²) in [6.45, 7) is 2.13. The molecule has 1 aromatic heterocycles. The summed E-state index contributed by atoms with van der Waals surface area (Å²) < 4.78 is 32.8. The molecule has 0 saturated heterocycles.